The molecule has 4 N–H and O–H groups in total. The first-order valence-electron chi connectivity index (χ1n) is 8.72. The zero-order valence-corrected chi connectivity index (χ0v) is 17.8. The molecule has 0 bridgehead atoms. The van der Waals surface area contributed by atoms with Gasteiger partial charge in [0.1, 0.15) is 24.4 Å². The number of ether oxygens (including phenoxy) is 2. The molecule has 0 saturated carbocycles. The maximum absolute atomic E-state index is 12.0. The molecule has 11 heteroatoms. The molecule has 1 aromatic carbocycles. The predicted octanol–water partition coefficient (Wildman–Crippen LogP) is 1.04. The molecule has 1 amide bonds. The number of hydrogen-bond acceptors (Lipinski definition) is 7. The van der Waals surface area contributed by atoms with Crippen molar-refractivity contribution in [2.45, 2.75) is 44.5 Å². The van der Waals surface area contributed by atoms with Crippen LogP contribution in [0.25, 0.3) is 10.9 Å². The van der Waals surface area contributed by atoms with Gasteiger partial charge in [-0.2, -0.15) is 0 Å². The minimum atomic E-state index is -1.46. The number of halogens is 2. The smallest absolute Gasteiger partial charge is 0.228 e. The minimum absolute atomic E-state index is 0.169. The lowest BCUT2D eigenvalue weighted by atomic mass is 9.97. The largest absolute Gasteiger partial charge is 0.460 e. The average molecular weight is 492 g/mol. The van der Waals surface area contributed by atoms with Crippen LogP contribution < -0.4 is 10.1 Å². The zero-order chi connectivity index (χ0) is 21.5. The van der Waals surface area contributed by atoms with E-state index in [4.69, 9.17) is 21.1 Å². The Balaban J connectivity index is 2.06. The van der Waals surface area contributed by atoms with Gasteiger partial charge in [-0.05, 0) is 28.1 Å². The van der Waals surface area contributed by atoms with E-state index in [1.807, 2.05) is 0 Å². The van der Waals surface area contributed by atoms with Crippen molar-refractivity contribution in [1.29, 1.82) is 0 Å². The quantitative estimate of drug-likeness (QED) is 0.503. The molecule has 1 aromatic heterocycles. The van der Waals surface area contributed by atoms with Crippen molar-refractivity contribution in [3.8, 4) is 5.75 Å². The SMILES string of the molecule is CC(=O)NC1[C@H](Oc2cn(C(C)=O)c3ccc(Br)c(Cl)c23)OC(CO)[C@@H](O)[C@@H]1O. The lowest BCUT2D eigenvalue weighted by molar-refractivity contribution is -0.244. The number of amides is 1. The molecule has 5 atom stereocenters. The standard InChI is InChI=1S/C18H20BrClN2O7/c1-7(24)21-15-17(27)16(26)12(6-23)29-18(15)28-11-5-22(8(2)25)10-4-3-9(19)14(20)13(10)11/h3-5,12,15-18,23,26-27H,6H2,1-2H3,(H,21,24)/t12?,15?,16-,17-,18-/m1/s1. The second-order valence-corrected chi connectivity index (χ2v) is 7.92. The second kappa shape index (κ2) is 8.58. The number of carbonyl (C=O) groups excluding carboxylic acids is 2. The van der Waals surface area contributed by atoms with Gasteiger partial charge in [-0.3, -0.25) is 14.2 Å². The zero-order valence-electron chi connectivity index (χ0n) is 15.5. The highest BCUT2D eigenvalue weighted by molar-refractivity contribution is 9.10. The Hall–Kier alpha value is -1.69. The highest BCUT2D eigenvalue weighted by Crippen LogP contribution is 2.39. The van der Waals surface area contributed by atoms with Crippen molar-refractivity contribution in [1.82, 2.24) is 9.88 Å². The average Bonchev–Trinajstić information content (AvgIpc) is 3.03. The number of benzene rings is 1. The fourth-order valence-electron chi connectivity index (χ4n) is 3.27. The number of aromatic nitrogens is 1. The van der Waals surface area contributed by atoms with E-state index >= 15 is 0 Å². The number of carbonyl (C=O) groups is 2. The summed E-state index contributed by atoms with van der Waals surface area (Å²) in [6, 6.07) is 2.24. The molecule has 29 heavy (non-hydrogen) atoms. The van der Waals surface area contributed by atoms with Gasteiger partial charge < -0.3 is 30.1 Å². The number of nitrogens with zero attached hydrogens (tertiary/aromatic N) is 1. The molecule has 1 fully saturated rings. The van der Waals surface area contributed by atoms with E-state index in [1.165, 1.54) is 24.6 Å². The first-order valence-corrected chi connectivity index (χ1v) is 9.89. The molecule has 1 saturated heterocycles. The van der Waals surface area contributed by atoms with E-state index in [2.05, 4.69) is 21.2 Å². The minimum Gasteiger partial charge on any atom is -0.460 e. The summed E-state index contributed by atoms with van der Waals surface area (Å²) in [5, 5.41) is 33.2. The molecule has 158 valence electrons. The fourth-order valence-corrected chi connectivity index (χ4v) is 3.86. The van der Waals surface area contributed by atoms with Gasteiger partial charge in [0.2, 0.25) is 18.1 Å². The first-order chi connectivity index (χ1) is 13.6. The van der Waals surface area contributed by atoms with E-state index in [1.54, 1.807) is 12.1 Å². The molecule has 1 aliphatic rings. The van der Waals surface area contributed by atoms with Gasteiger partial charge in [0.25, 0.3) is 0 Å². The van der Waals surface area contributed by atoms with Crippen molar-refractivity contribution in [2.24, 2.45) is 0 Å². The third-order valence-corrected chi connectivity index (χ3v) is 5.94. The van der Waals surface area contributed by atoms with Gasteiger partial charge in [-0.15, -0.1) is 0 Å². The predicted molar refractivity (Wildman–Crippen MR) is 107 cm³/mol. The van der Waals surface area contributed by atoms with Gasteiger partial charge >= 0.3 is 0 Å². The lowest BCUT2D eigenvalue weighted by Crippen LogP contribution is -2.65. The second-order valence-electron chi connectivity index (χ2n) is 6.69. The first kappa shape index (κ1) is 22.0. The van der Waals surface area contributed by atoms with Crippen LogP contribution in [0, 0.1) is 0 Å². The normalized spacial score (nSPS) is 27.1. The molecule has 2 aromatic rings. The van der Waals surface area contributed by atoms with E-state index < -0.39 is 43.2 Å². The molecule has 2 heterocycles. The highest BCUT2D eigenvalue weighted by atomic mass is 79.9. The van der Waals surface area contributed by atoms with Crippen LogP contribution in [0.2, 0.25) is 5.02 Å². The summed E-state index contributed by atoms with van der Waals surface area (Å²) in [4.78, 5) is 23.6. The van der Waals surface area contributed by atoms with Gasteiger partial charge in [0.15, 0.2) is 5.75 Å². The Morgan fingerprint density at radius 1 is 1.31 bits per heavy atom. The Morgan fingerprint density at radius 3 is 2.59 bits per heavy atom. The van der Waals surface area contributed by atoms with Crippen LogP contribution in [-0.2, 0) is 9.53 Å². The van der Waals surface area contributed by atoms with Crippen LogP contribution >= 0.6 is 27.5 Å². The molecule has 0 aliphatic carbocycles. The van der Waals surface area contributed by atoms with Crippen LogP contribution in [0.15, 0.2) is 22.8 Å². The molecular formula is C18H20BrClN2O7. The van der Waals surface area contributed by atoms with Crippen molar-refractivity contribution >= 4 is 50.2 Å². The maximum atomic E-state index is 12.0. The summed E-state index contributed by atoms with van der Waals surface area (Å²) in [5.74, 6) is -0.593. The third kappa shape index (κ3) is 4.14. The van der Waals surface area contributed by atoms with Crippen LogP contribution in [0.5, 0.6) is 5.75 Å². The summed E-state index contributed by atoms with van der Waals surface area (Å²) in [6.45, 7) is 2.04. The summed E-state index contributed by atoms with van der Waals surface area (Å²) in [6.07, 6.45) is -3.88. The molecule has 3 rings (SSSR count). The number of aliphatic hydroxyl groups excluding tert-OH is 3. The van der Waals surface area contributed by atoms with Gasteiger partial charge in [0.05, 0.1) is 28.7 Å². The van der Waals surface area contributed by atoms with Crippen LogP contribution in [0.4, 0.5) is 0 Å². The number of aliphatic hydroxyl groups is 3. The van der Waals surface area contributed by atoms with Gasteiger partial charge in [-0.1, -0.05) is 11.6 Å². The van der Waals surface area contributed by atoms with Crippen molar-refractivity contribution in [2.75, 3.05) is 6.61 Å². The Kier molecular flexibility index (Phi) is 6.51. The lowest BCUT2D eigenvalue weighted by Gasteiger charge is -2.42. The third-order valence-electron chi connectivity index (χ3n) is 4.66. The molecule has 2 unspecified atom stereocenters. The summed E-state index contributed by atoms with van der Waals surface area (Å²) in [7, 11) is 0. The monoisotopic (exact) mass is 490 g/mol. The summed E-state index contributed by atoms with van der Waals surface area (Å²) < 4.78 is 13.4. The van der Waals surface area contributed by atoms with Crippen LogP contribution in [0.3, 0.4) is 0 Å². The van der Waals surface area contributed by atoms with Crippen LogP contribution in [-0.4, -0.2) is 69.0 Å². The van der Waals surface area contributed by atoms with Gasteiger partial charge in [-0.25, -0.2) is 0 Å². The molecule has 1 aliphatic heterocycles. The topological polar surface area (TPSA) is 130 Å². The molecule has 0 radical (unpaired) electrons. The van der Waals surface area contributed by atoms with E-state index in [-0.39, 0.29) is 11.7 Å². The molecule has 0 spiro atoms. The van der Waals surface area contributed by atoms with Gasteiger partial charge in [0, 0.05) is 18.3 Å². The van der Waals surface area contributed by atoms with Crippen molar-refractivity contribution < 1.29 is 34.4 Å². The van der Waals surface area contributed by atoms with E-state index in [0.717, 1.165) is 0 Å². The number of fused-ring (bicyclic) bond motifs is 1. The number of hydrogen-bond donors (Lipinski definition) is 4. The van der Waals surface area contributed by atoms with E-state index in [0.29, 0.717) is 20.4 Å². The Labute approximate surface area is 179 Å². The van der Waals surface area contributed by atoms with E-state index in [9.17, 15) is 24.9 Å². The Bertz CT molecular complexity index is 950. The van der Waals surface area contributed by atoms with Crippen LogP contribution in [0.1, 0.15) is 18.6 Å². The summed E-state index contributed by atoms with van der Waals surface area (Å²) >= 11 is 9.73. The Morgan fingerprint density at radius 2 is 2.00 bits per heavy atom. The number of rotatable bonds is 4. The molecule has 9 nitrogen and oxygen atoms in total. The van der Waals surface area contributed by atoms with Crippen molar-refractivity contribution in [3.05, 3.63) is 27.8 Å². The fraction of sp³-hybridized carbons (Fsp3) is 0.444. The van der Waals surface area contributed by atoms with Crippen molar-refractivity contribution in [3.63, 3.8) is 0 Å². The molecular weight excluding hydrogens is 472 g/mol. The highest BCUT2D eigenvalue weighted by Gasteiger charge is 2.46. The maximum Gasteiger partial charge on any atom is 0.228 e. The number of nitrogens with one attached hydrogen (secondary N) is 1. The summed E-state index contributed by atoms with van der Waals surface area (Å²) in [5.41, 5.74) is 0.492.